The number of rotatable bonds is 4. The van der Waals surface area contributed by atoms with Gasteiger partial charge in [-0.2, -0.15) is 0 Å². The second kappa shape index (κ2) is 6.00. The Morgan fingerprint density at radius 3 is 2.32 bits per heavy atom. The normalized spacial score (nSPS) is 10.0. The van der Waals surface area contributed by atoms with Crippen LogP contribution in [0.5, 0.6) is 0 Å². The number of hydrogen-bond acceptors (Lipinski definition) is 3. The van der Waals surface area contributed by atoms with Gasteiger partial charge in [0, 0.05) is 37.9 Å². The van der Waals surface area contributed by atoms with Gasteiger partial charge in [-0.3, -0.25) is 9.78 Å². The predicted molar refractivity (Wildman–Crippen MR) is 77.3 cm³/mol. The summed E-state index contributed by atoms with van der Waals surface area (Å²) in [5.74, 6) is -0.0243. The number of pyridine rings is 1. The van der Waals surface area contributed by atoms with Crippen LogP contribution in [0.3, 0.4) is 0 Å². The zero-order chi connectivity index (χ0) is 13.7. The van der Waals surface area contributed by atoms with Crippen molar-refractivity contribution in [3.05, 3.63) is 54.4 Å². The first-order valence-corrected chi connectivity index (χ1v) is 6.11. The third-order valence-corrected chi connectivity index (χ3v) is 2.78. The number of carbonyl (C=O) groups is 1. The van der Waals surface area contributed by atoms with Gasteiger partial charge in [0.2, 0.25) is 5.91 Å². The van der Waals surface area contributed by atoms with E-state index in [0.29, 0.717) is 6.42 Å². The SMILES string of the molecule is CN(C)c1ccc(NC(=O)Cc2ccncc2)cc1. The molecule has 2 rings (SSSR count). The molecule has 0 radical (unpaired) electrons. The molecule has 0 atom stereocenters. The van der Waals surface area contributed by atoms with Crippen molar-refractivity contribution in [1.29, 1.82) is 0 Å². The van der Waals surface area contributed by atoms with Crippen LogP contribution in [0.4, 0.5) is 11.4 Å². The summed E-state index contributed by atoms with van der Waals surface area (Å²) in [7, 11) is 3.97. The number of anilines is 2. The van der Waals surface area contributed by atoms with Gasteiger partial charge in [0.05, 0.1) is 6.42 Å². The molecule has 1 N–H and O–H groups in total. The van der Waals surface area contributed by atoms with Crippen LogP contribution < -0.4 is 10.2 Å². The molecule has 0 aliphatic rings. The molecule has 4 heteroatoms. The second-order valence-corrected chi connectivity index (χ2v) is 4.52. The Bertz CT molecular complexity index is 535. The Balaban J connectivity index is 1.95. The first kappa shape index (κ1) is 13.1. The number of hydrogen-bond donors (Lipinski definition) is 1. The molecule has 0 saturated carbocycles. The Kier molecular flexibility index (Phi) is 4.13. The molecule has 98 valence electrons. The van der Waals surface area contributed by atoms with E-state index >= 15 is 0 Å². The van der Waals surface area contributed by atoms with E-state index in [4.69, 9.17) is 0 Å². The molecule has 1 aromatic heterocycles. The summed E-state index contributed by atoms with van der Waals surface area (Å²) in [5, 5.41) is 2.88. The van der Waals surface area contributed by atoms with Crippen molar-refractivity contribution in [2.45, 2.75) is 6.42 Å². The summed E-state index contributed by atoms with van der Waals surface area (Å²) in [4.78, 5) is 17.8. The van der Waals surface area contributed by atoms with Crippen LogP contribution in [-0.4, -0.2) is 25.0 Å². The minimum Gasteiger partial charge on any atom is -0.378 e. The number of nitrogens with one attached hydrogen (secondary N) is 1. The molecule has 1 heterocycles. The zero-order valence-electron chi connectivity index (χ0n) is 11.1. The third kappa shape index (κ3) is 3.81. The molecule has 0 aliphatic heterocycles. The van der Waals surface area contributed by atoms with Crippen molar-refractivity contribution >= 4 is 17.3 Å². The predicted octanol–water partition coefficient (Wildman–Crippen LogP) is 2.33. The largest absolute Gasteiger partial charge is 0.378 e. The molecule has 0 aliphatic carbocycles. The lowest BCUT2D eigenvalue weighted by atomic mass is 10.2. The summed E-state index contributed by atoms with van der Waals surface area (Å²) in [6.07, 6.45) is 3.74. The Morgan fingerprint density at radius 1 is 1.11 bits per heavy atom. The van der Waals surface area contributed by atoms with Crippen molar-refractivity contribution in [3.63, 3.8) is 0 Å². The van der Waals surface area contributed by atoms with Crippen LogP contribution in [0, 0.1) is 0 Å². The summed E-state index contributed by atoms with van der Waals surface area (Å²) in [5.41, 5.74) is 2.87. The average Bonchev–Trinajstić information content (AvgIpc) is 2.40. The highest BCUT2D eigenvalue weighted by Crippen LogP contribution is 2.15. The highest BCUT2D eigenvalue weighted by Gasteiger charge is 2.04. The number of aromatic nitrogens is 1. The minimum absolute atomic E-state index is 0.0243. The van der Waals surface area contributed by atoms with Crippen LogP contribution in [-0.2, 0) is 11.2 Å². The molecule has 0 spiro atoms. The van der Waals surface area contributed by atoms with Gasteiger partial charge in [-0.1, -0.05) is 0 Å². The lowest BCUT2D eigenvalue weighted by Crippen LogP contribution is -2.14. The molecule has 2 aromatic rings. The fourth-order valence-corrected chi connectivity index (χ4v) is 1.73. The average molecular weight is 255 g/mol. The van der Waals surface area contributed by atoms with Gasteiger partial charge in [0.25, 0.3) is 0 Å². The summed E-state index contributed by atoms with van der Waals surface area (Å²) in [6, 6.07) is 11.4. The van der Waals surface area contributed by atoms with Crippen molar-refractivity contribution in [2.75, 3.05) is 24.3 Å². The summed E-state index contributed by atoms with van der Waals surface area (Å²) >= 11 is 0. The lowest BCUT2D eigenvalue weighted by Gasteiger charge is -2.13. The zero-order valence-corrected chi connectivity index (χ0v) is 11.1. The van der Waals surface area contributed by atoms with E-state index in [2.05, 4.69) is 10.3 Å². The molecule has 0 fully saturated rings. The first-order chi connectivity index (χ1) is 9.15. The van der Waals surface area contributed by atoms with E-state index in [1.54, 1.807) is 12.4 Å². The van der Waals surface area contributed by atoms with E-state index in [9.17, 15) is 4.79 Å². The Hall–Kier alpha value is -2.36. The van der Waals surface area contributed by atoms with E-state index in [1.807, 2.05) is 55.4 Å². The fraction of sp³-hybridized carbons (Fsp3) is 0.200. The van der Waals surface area contributed by atoms with Crippen LogP contribution in [0.15, 0.2) is 48.8 Å². The Morgan fingerprint density at radius 2 is 1.74 bits per heavy atom. The topological polar surface area (TPSA) is 45.2 Å². The smallest absolute Gasteiger partial charge is 0.228 e. The van der Waals surface area contributed by atoms with Gasteiger partial charge in [-0.15, -0.1) is 0 Å². The van der Waals surface area contributed by atoms with Crippen LogP contribution in [0.1, 0.15) is 5.56 Å². The van der Waals surface area contributed by atoms with Gasteiger partial charge in [0.15, 0.2) is 0 Å². The van der Waals surface area contributed by atoms with Crippen molar-refractivity contribution in [1.82, 2.24) is 4.98 Å². The number of nitrogens with zero attached hydrogens (tertiary/aromatic N) is 2. The van der Waals surface area contributed by atoms with Crippen molar-refractivity contribution < 1.29 is 4.79 Å². The van der Waals surface area contributed by atoms with Crippen molar-refractivity contribution in [2.24, 2.45) is 0 Å². The van der Waals surface area contributed by atoms with Gasteiger partial charge < -0.3 is 10.2 Å². The van der Waals surface area contributed by atoms with Gasteiger partial charge in [-0.25, -0.2) is 0 Å². The number of benzene rings is 1. The molecule has 1 aromatic carbocycles. The molecule has 0 bridgehead atoms. The maximum absolute atomic E-state index is 11.9. The minimum atomic E-state index is -0.0243. The fourth-order valence-electron chi connectivity index (χ4n) is 1.73. The summed E-state index contributed by atoms with van der Waals surface area (Å²) < 4.78 is 0. The van der Waals surface area contributed by atoms with Crippen LogP contribution in [0.2, 0.25) is 0 Å². The van der Waals surface area contributed by atoms with Gasteiger partial charge >= 0.3 is 0 Å². The standard InChI is InChI=1S/C15H17N3O/c1-18(2)14-5-3-13(4-6-14)17-15(19)11-12-7-9-16-10-8-12/h3-10H,11H2,1-2H3,(H,17,19). The van der Waals surface area contributed by atoms with E-state index < -0.39 is 0 Å². The highest BCUT2D eigenvalue weighted by atomic mass is 16.1. The number of amides is 1. The molecule has 4 nitrogen and oxygen atoms in total. The van der Waals surface area contributed by atoms with Gasteiger partial charge in [0.1, 0.15) is 0 Å². The quantitative estimate of drug-likeness (QED) is 0.912. The highest BCUT2D eigenvalue weighted by molar-refractivity contribution is 5.92. The van der Waals surface area contributed by atoms with Crippen molar-refractivity contribution in [3.8, 4) is 0 Å². The third-order valence-electron chi connectivity index (χ3n) is 2.78. The van der Waals surface area contributed by atoms with Crippen LogP contribution in [0.25, 0.3) is 0 Å². The monoisotopic (exact) mass is 255 g/mol. The van der Waals surface area contributed by atoms with Gasteiger partial charge in [-0.05, 0) is 42.0 Å². The first-order valence-electron chi connectivity index (χ1n) is 6.11. The van der Waals surface area contributed by atoms with Crippen LogP contribution >= 0.6 is 0 Å². The molecular formula is C15H17N3O. The maximum atomic E-state index is 11.9. The molecule has 0 unspecified atom stereocenters. The number of carbonyl (C=O) groups excluding carboxylic acids is 1. The molecule has 0 saturated heterocycles. The van der Waals surface area contributed by atoms with E-state index in [-0.39, 0.29) is 5.91 Å². The van der Waals surface area contributed by atoms with E-state index in [0.717, 1.165) is 16.9 Å². The lowest BCUT2D eigenvalue weighted by molar-refractivity contribution is -0.115. The van der Waals surface area contributed by atoms with E-state index in [1.165, 1.54) is 0 Å². The second-order valence-electron chi connectivity index (χ2n) is 4.52. The Labute approximate surface area is 113 Å². The maximum Gasteiger partial charge on any atom is 0.228 e. The molecule has 1 amide bonds. The summed E-state index contributed by atoms with van der Waals surface area (Å²) in [6.45, 7) is 0. The molecular weight excluding hydrogens is 238 g/mol. The molecule has 19 heavy (non-hydrogen) atoms.